The van der Waals surface area contributed by atoms with Crippen LogP contribution in [0.1, 0.15) is 52.4 Å². The van der Waals surface area contributed by atoms with Gasteiger partial charge in [-0.1, -0.05) is 148 Å². The Morgan fingerprint density at radius 3 is 0.786 bits per heavy atom. The van der Waals surface area contributed by atoms with E-state index in [2.05, 4.69) is 124 Å². The van der Waals surface area contributed by atoms with Crippen molar-refractivity contribution < 1.29 is 0 Å². The highest BCUT2D eigenvalue weighted by Gasteiger charge is 2.35. The zero-order valence-electron chi connectivity index (χ0n) is 38.0. The van der Waals surface area contributed by atoms with Crippen molar-refractivity contribution in [3.63, 3.8) is 0 Å². The van der Waals surface area contributed by atoms with Gasteiger partial charge in [0.15, 0.2) is 0 Å². The SMILES string of the molecule is CCC1=C(SC)S/C(=C\c2ccc(C3=C(c4ccc(C=C5SC(SC)=C(SC)S5)s4)SC(=C4SC(c5ccc(C=C6SC(SC)=C(SC)S6)s5)=C(c5ccc(C=C6SC(SC)=C(SC)S6)s5)S4)S3)s2)S1. The van der Waals surface area contributed by atoms with Crippen molar-refractivity contribution in [2.75, 3.05) is 43.8 Å². The van der Waals surface area contributed by atoms with Gasteiger partial charge < -0.3 is 0 Å². The summed E-state index contributed by atoms with van der Waals surface area (Å²) in [6.07, 6.45) is 26.1. The van der Waals surface area contributed by atoms with E-state index in [0.717, 1.165) is 6.42 Å². The van der Waals surface area contributed by atoms with Gasteiger partial charge in [-0.05, 0) is 123 Å². The van der Waals surface area contributed by atoms with Crippen molar-refractivity contribution in [1.82, 2.24) is 0 Å². The molecule has 4 aromatic rings. The van der Waals surface area contributed by atoms with Crippen LogP contribution in [-0.4, -0.2) is 43.8 Å². The number of rotatable bonds is 16. The number of allylic oxidation sites excluding steroid dienone is 1. The van der Waals surface area contributed by atoms with Gasteiger partial charge in [-0.15, -0.1) is 128 Å². The first-order chi connectivity index (χ1) is 34.2. The highest BCUT2D eigenvalue weighted by molar-refractivity contribution is 8.43. The molecule has 0 bridgehead atoms. The van der Waals surface area contributed by atoms with Crippen LogP contribution in [0.15, 0.2) is 109 Å². The number of hydrogen-bond donors (Lipinski definition) is 0. The Kier molecular flexibility index (Phi) is 21.0. The molecule has 0 saturated heterocycles. The summed E-state index contributed by atoms with van der Waals surface area (Å²) >= 11 is 44.1. The van der Waals surface area contributed by atoms with Crippen molar-refractivity contribution in [1.29, 1.82) is 0 Å². The molecule has 0 nitrogen and oxygen atoms in total. The Labute approximate surface area is 509 Å². The van der Waals surface area contributed by atoms with Crippen LogP contribution in [-0.2, 0) is 0 Å². The molecule has 0 unspecified atom stereocenters. The second-order valence-corrected chi connectivity index (χ2v) is 40.1. The smallest absolute Gasteiger partial charge is 0.0707 e. The third kappa shape index (κ3) is 12.9. The summed E-state index contributed by atoms with van der Waals surface area (Å²) in [7, 11) is 0. The van der Waals surface area contributed by atoms with Crippen LogP contribution in [0.25, 0.3) is 43.9 Å². The molecule has 0 fully saturated rings. The second kappa shape index (κ2) is 26.2. The summed E-state index contributed by atoms with van der Waals surface area (Å²) in [5, 5.41) is 0. The third-order valence-corrected chi connectivity index (χ3v) is 39.5. The summed E-state index contributed by atoms with van der Waals surface area (Å²) in [6, 6.07) is 18.8. The standard InChI is InChI=1S/C47H38S23/c1-9-26-39(48-2)60-31(59-26)18-22-10-14-27(55-22)35-36(28-15-11-23(56-28)19-32-61-40(49-3)41(50-4)62-32)68-46(67-35)47-69-37(29-16-12-24(57-29)20-33-63-42(51-5)43(52-6)64-33)38(70-47)30-17-13-25(58-30)21-34-65-44(53-7)45(54-8)66-34/h10-21H,9H2,1-8H3/b31-18-. The first kappa shape index (κ1) is 55.9. The Morgan fingerprint density at radius 1 is 0.314 bits per heavy atom. The first-order valence-corrected chi connectivity index (χ1v) is 42.2. The molecule has 0 N–H and O–H groups in total. The first-order valence-electron chi connectivity index (χ1n) is 20.6. The van der Waals surface area contributed by atoms with Gasteiger partial charge in [-0.3, -0.25) is 0 Å². The molecular formula is C47H38S23. The van der Waals surface area contributed by atoms with E-state index in [1.165, 1.54) is 119 Å². The minimum Gasteiger partial charge on any atom is -0.135 e. The second-order valence-electron chi connectivity index (χ2n) is 14.0. The molecule has 10 rings (SSSR count). The fourth-order valence-electron chi connectivity index (χ4n) is 6.64. The lowest BCUT2D eigenvalue weighted by Crippen LogP contribution is -1.74. The monoisotopic (exact) mass is 1340 g/mol. The highest BCUT2D eigenvalue weighted by atomic mass is 32.3. The molecule has 6 aliphatic rings. The summed E-state index contributed by atoms with van der Waals surface area (Å²) in [6.45, 7) is 2.27. The number of thioether (sulfide) groups is 19. The van der Waals surface area contributed by atoms with E-state index in [1.807, 2.05) is 269 Å². The van der Waals surface area contributed by atoms with Crippen molar-refractivity contribution >= 4 is 313 Å². The molecule has 0 atom stereocenters. The fourth-order valence-corrected chi connectivity index (χ4v) is 36.0. The van der Waals surface area contributed by atoms with Crippen LogP contribution < -0.4 is 0 Å². The van der Waals surface area contributed by atoms with E-state index in [9.17, 15) is 0 Å². The van der Waals surface area contributed by atoms with Crippen LogP contribution in [0.4, 0.5) is 0 Å². The van der Waals surface area contributed by atoms with Gasteiger partial charge in [-0.25, -0.2) is 0 Å². The lowest BCUT2D eigenvalue weighted by molar-refractivity contribution is 1.21. The Morgan fingerprint density at radius 2 is 0.557 bits per heavy atom. The number of hydrogen-bond acceptors (Lipinski definition) is 23. The average Bonchev–Trinajstić information content (AvgIpc) is 4.22. The van der Waals surface area contributed by atoms with Crippen molar-refractivity contribution in [3.05, 3.63) is 148 Å². The Hall–Kier alpha value is 2.59. The summed E-state index contributed by atoms with van der Waals surface area (Å²) in [5.41, 5.74) is 0. The molecule has 0 aliphatic carbocycles. The third-order valence-electron chi connectivity index (χ3n) is 9.72. The van der Waals surface area contributed by atoms with Crippen molar-refractivity contribution in [2.24, 2.45) is 0 Å². The van der Waals surface area contributed by atoms with E-state index in [1.54, 1.807) is 0 Å². The van der Waals surface area contributed by atoms with Gasteiger partial charge in [0.1, 0.15) is 0 Å². The van der Waals surface area contributed by atoms with Gasteiger partial charge in [0.2, 0.25) is 0 Å². The quantitative estimate of drug-likeness (QED) is 0.104. The normalized spacial score (nSPS) is 19.6. The predicted molar refractivity (Wildman–Crippen MR) is 374 cm³/mol. The molecule has 0 saturated carbocycles. The van der Waals surface area contributed by atoms with E-state index in [4.69, 9.17) is 0 Å². The Balaban J connectivity index is 0.988. The molecule has 70 heavy (non-hydrogen) atoms. The van der Waals surface area contributed by atoms with Crippen LogP contribution in [0.2, 0.25) is 0 Å². The zero-order chi connectivity index (χ0) is 48.5. The maximum absolute atomic E-state index is 2.41. The van der Waals surface area contributed by atoms with E-state index in [0.29, 0.717) is 0 Å². The molecule has 4 aromatic heterocycles. The van der Waals surface area contributed by atoms with Gasteiger partial charge in [0, 0.05) is 63.5 Å². The van der Waals surface area contributed by atoms with Gasteiger partial charge in [-0.2, -0.15) is 0 Å². The van der Waals surface area contributed by atoms with Crippen molar-refractivity contribution in [2.45, 2.75) is 13.3 Å². The lowest BCUT2D eigenvalue weighted by Gasteiger charge is -2.02. The number of thiophene rings is 4. The predicted octanol–water partition coefficient (Wildman–Crippen LogP) is 25.0. The van der Waals surface area contributed by atoms with Crippen LogP contribution >= 0.6 is 269 Å². The molecule has 0 aromatic carbocycles. The van der Waals surface area contributed by atoms with Gasteiger partial charge in [0.25, 0.3) is 0 Å². The molecule has 364 valence electrons. The fraction of sp³-hybridized carbons (Fsp3) is 0.191. The van der Waals surface area contributed by atoms with E-state index >= 15 is 0 Å². The van der Waals surface area contributed by atoms with Crippen LogP contribution in [0.3, 0.4) is 0 Å². The molecule has 0 amide bonds. The minimum atomic E-state index is 1.08. The van der Waals surface area contributed by atoms with Gasteiger partial charge in [0.05, 0.1) is 55.1 Å². The van der Waals surface area contributed by atoms with Gasteiger partial charge >= 0.3 is 0 Å². The molecule has 10 heterocycles. The molecule has 6 aliphatic heterocycles. The summed E-state index contributed by atoms with van der Waals surface area (Å²) in [4.78, 5) is 17.6. The molecule has 0 radical (unpaired) electrons. The summed E-state index contributed by atoms with van der Waals surface area (Å²) in [5.74, 6) is 0. The van der Waals surface area contributed by atoms with E-state index < -0.39 is 0 Å². The maximum atomic E-state index is 2.41. The minimum absolute atomic E-state index is 1.08. The largest absolute Gasteiger partial charge is 0.135 e. The lowest BCUT2D eigenvalue weighted by atomic mass is 10.3. The maximum Gasteiger partial charge on any atom is 0.0707 e. The Bertz CT molecular complexity index is 2610. The molecule has 0 spiro atoms. The molecule has 23 heteroatoms. The summed E-state index contributed by atoms with van der Waals surface area (Å²) < 4.78 is 18.2. The highest BCUT2D eigenvalue weighted by Crippen LogP contribution is 2.69. The zero-order valence-corrected chi connectivity index (χ0v) is 56.8. The van der Waals surface area contributed by atoms with Crippen molar-refractivity contribution in [3.8, 4) is 0 Å². The average molecular weight is 1340 g/mol. The molecular weight excluding hydrogens is 1300 g/mol. The van der Waals surface area contributed by atoms with E-state index in [-0.39, 0.29) is 0 Å². The van der Waals surface area contributed by atoms with Crippen LogP contribution in [0, 0.1) is 0 Å². The topological polar surface area (TPSA) is 0 Å². The van der Waals surface area contributed by atoms with Crippen LogP contribution in [0.5, 0.6) is 0 Å².